The molecule has 0 aromatic rings. The van der Waals surface area contributed by atoms with E-state index >= 15 is 0 Å². The lowest BCUT2D eigenvalue weighted by molar-refractivity contribution is -0.130. The Hall–Kier alpha value is -1.52. The molecule has 0 saturated carbocycles. The number of allylic oxidation sites excluding steroid dienone is 1. The van der Waals surface area contributed by atoms with E-state index in [1.807, 2.05) is 6.92 Å². The van der Waals surface area contributed by atoms with E-state index in [1.54, 1.807) is 0 Å². The van der Waals surface area contributed by atoms with E-state index in [0.717, 1.165) is 5.70 Å². The number of carbonyl (C=O) groups excluding carboxylic acids is 1. The molecule has 1 amide bonds. The fraction of sp³-hybridized carbons (Fsp3) is 0.333. The highest BCUT2D eigenvalue weighted by atomic mass is 16.2. The third-order valence-corrected chi connectivity index (χ3v) is 1.59. The summed E-state index contributed by atoms with van der Waals surface area (Å²) >= 11 is 0. The van der Waals surface area contributed by atoms with E-state index in [4.69, 9.17) is 0 Å². The van der Waals surface area contributed by atoms with Crippen LogP contribution in [0.2, 0.25) is 0 Å². The number of hydrogen-bond acceptors (Lipinski definition) is 4. The maximum absolute atomic E-state index is 11.2. The molecule has 5 nitrogen and oxygen atoms in total. The van der Waals surface area contributed by atoms with E-state index in [0.29, 0.717) is 0 Å². The quantitative estimate of drug-likeness (QED) is 0.475. The zero-order valence-corrected chi connectivity index (χ0v) is 6.03. The standard InChI is InChI=1S/C6H8N4O/c1-4-2-5(11)10-6(9-4)7-3-8-10/h2-3,6,9H,1H3,(H,7,8). The molecule has 0 fully saturated rings. The normalized spacial score (nSPS) is 27.4. The predicted octanol–water partition coefficient (Wildman–Crippen LogP) is -0.848. The highest BCUT2D eigenvalue weighted by Crippen LogP contribution is 2.08. The van der Waals surface area contributed by atoms with Gasteiger partial charge in [-0.3, -0.25) is 10.2 Å². The van der Waals surface area contributed by atoms with Crippen LogP contribution in [0.3, 0.4) is 0 Å². The van der Waals surface area contributed by atoms with Gasteiger partial charge in [0.15, 0.2) is 0 Å². The van der Waals surface area contributed by atoms with Crippen LogP contribution >= 0.6 is 0 Å². The second kappa shape index (κ2) is 1.98. The Morgan fingerprint density at radius 3 is 3.36 bits per heavy atom. The van der Waals surface area contributed by atoms with Crippen molar-refractivity contribution in [1.82, 2.24) is 15.8 Å². The van der Waals surface area contributed by atoms with Crippen LogP contribution in [0.5, 0.6) is 0 Å². The van der Waals surface area contributed by atoms with Crippen LogP contribution in [0.4, 0.5) is 0 Å². The Morgan fingerprint density at radius 1 is 1.73 bits per heavy atom. The number of amides is 1. The van der Waals surface area contributed by atoms with Gasteiger partial charge >= 0.3 is 0 Å². The number of fused-ring (bicyclic) bond motifs is 1. The number of nitrogens with one attached hydrogen (secondary N) is 2. The van der Waals surface area contributed by atoms with Crippen LogP contribution in [0.25, 0.3) is 0 Å². The lowest BCUT2D eigenvalue weighted by Crippen LogP contribution is -2.51. The fourth-order valence-electron chi connectivity index (χ4n) is 1.09. The first kappa shape index (κ1) is 6.21. The van der Waals surface area contributed by atoms with Gasteiger partial charge in [-0.05, 0) is 6.92 Å². The molecule has 58 valence electrons. The number of aliphatic imine (C=N–C) groups is 1. The highest BCUT2D eigenvalue weighted by molar-refractivity contribution is 5.90. The van der Waals surface area contributed by atoms with E-state index in [1.165, 1.54) is 17.4 Å². The summed E-state index contributed by atoms with van der Waals surface area (Å²) in [4.78, 5) is 15.1. The summed E-state index contributed by atoms with van der Waals surface area (Å²) < 4.78 is 0. The molecular formula is C6H8N4O. The van der Waals surface area contributed by atoms with Crippen molar-refractivity contribution in [2.45, 2.75) is 13.2 Å². The van der Waals surface area contributed by atoms with Crippen molar-refractivity contribution in [3.05, 3.63) is 11.8 Å². The Bertz CT molecular complexity index is 257. The molecule has 1 unspecified atom stereocenters. The third-order valence-electron chi connectivity index (χ3n) is 1.59. The topological polar surface area (TPSA) is 56.7 Å². The predicted molar refractivity (Wildman–Crippen MR) is 39.2 cm³/mol. The number of hydrazine groups is 1. The van der Waals surface area contributed by atoms with Gasteiger partial charge in [0.05, 0.1) is 0 Å². The van der Waals surface area contributed by atoms with E-state index < -0.39 is 0 Å². The number of carbonyl (C=O) groups is 1. The molecule has 0 spiro atoms. The van der Waals surface area contributed by atoms with Crippen LogP contribution < -0.4 is 10.7 Å². The van der Waals surface area contributed by atoms with Crippen molar-refractivity contribution in [3.63, 3.8) is 0 Å². The maximum atomic E-state index is 11.2. The Balaban J connectivity index is 2.28. The molecule has 0 bridgehead atoms. The van der Waals surface area contributed by atoms with Gasteiger partial charge in [-0.1, -0.05) is 0 Å². The summed E-state index contributed by atoms with van der Waals surface area (Å²) in [7, 11) is 0. The van der Waals surface area contributed by atoms with Gasteiger partial charge in [-0.2, -0.15) is 0 Å². The second-order valence-corrected chi connectivity index (χ2v) is 2.46. The molecule has 2 aliphatic rings. The van der Waals surface area contributed by atoms with Crippen molar-refractivity contribution >= 4 is 12.2 Å². The summed E-state index contributed by atoms with van der Waals surface area (Å²) in [6.07, 6.45) is 2.77. The van der Waals surface area contributed by atoms with Gasteiger partial charge in [0.2, 0.25) is 6.29 Å². The molecule has 0 aliphatic carbocycles. The fourth-order valence-corrected chi connectivity index (χ4v) is 1.09. The van der Waals surface area contributed by atoms with Crippen LogP contribution in [0.15, 0.2) is 16.8 Å². The van der Waals surface area contributed by atoms with Crippen LogP contribution in [0, 0.1) is 0 Å². The van der Waals surface area contributed by atoms with Gasteiger partial charge in [0, 0.05) is 11.8 Å². The number of rotatable bonds is 0. The van der Waals surface area contributed by atoms with Crippen molar-refractivity contribution in [2.75, 3.05) is 0 Å². The van der Waals surface area contributed by atoms with Gasteiger partial charge in [-0.15, -0.1) is 0 Å². The van der Waals surface area contributed by atoms with Crippen LogP contribution in [0.1, 0.15) is 6.92 Å². The molecule has 1 atom stereocenters. The lowest BCUT2D eigenvalue weighted by atomic mass is 10.3. The Kier molecular flexibility index (Phi) is 1.12. The molecule has 0 aromatic carbocycles. The minimum Gasteiger partial charge on any atom is -0.349 e. The average Bonchev–Trinajstić information content (AvgIpc) is 2.34. The molecule has 5 heteroatoms. The van der Waals surface area contributed by atoms with Crippen molar-refractivity contribution in [1.29, 1.82) is 0 Å². The van der Waals surface area contributed by atoms with Gasteiger partial charge < -0.3 is 5.32 Å². The molecule has 2 aliphatic heterocycles. The van der Waals surface area contributed by atoms with Gasteiger partial charge in [-0.25, -0.2) is 10.0 Å². The summed E-state index contributed by atoms with van der Waals surface area (Å²) in [5.41, 5.74) is 3.56. The molecule has 0 saturated heterocycles. The summed E-state index contributed by atoms with van der Waals surface area (Å²) in [5, 5.41) is 4.44. The molecular weight excluding hydrogens is 144 g/mol. The van der Waals surface area contributed by atoms with Gasteiger partial charge in [0.1, 0.15) is 6.34 Å². The molecule has 2 rings (SSSR count). The van der Waals surface area contributed by atoms with Crippen molar-refractivity contribution in [2.24, 2.45) is 4.99 Å². The van der Waals surface area contributed by atoms with Crippen molar-refractivity contribution in [3.8, 4) is 0 Å². The average molecular weight is 152 g/mol. The lowest BCUT2D eigenvalue weighted by Gasteiger charge is -2.27. The highest BCUT2D eigenvalue weighted by Gasteiger charge is 2.28. The summed E-state index contributed by atoms with van der Waals surface area (Å²) in [5.74, 6) is -0.0660. The second-order valence-electron chi connectivity index (χ2n) is 2.46. The molecule has 0 radical (unpaired) electrons. The molecule has 0 aromatic heterocycles. The third kappa shape index (κ3) is 0.849. The molecule has 2 heterocycles. The SMILES string of the molecule is CC1=CC(=O)N2NC=NC2N1. The Labute approximate surface area is 63.7 Å². The first-order valence-electron chi connectivity index (χ1n) is 3.33. The van der Waals surface area contributed by atoms with Crippen molar-refractivity contribution < 1.29 is 4.79 Å². The van der Waals surface area contributed by atoms with Gasteiger partial charge in [0.25, 0.3) is 5.91 Å². The zero-order valence-electron chi connectivity index (χ0n) is 6.03. The zero-order chi connectivity index (χ0) is 7.84. The van der Waals surface area contributed by atoms with Crippen LogP contribution in [-0.4, -0.2) is 23.5 Å². The first-order chi connectivity index (χ1) is 5.27. The summed E-state index contributed by atoms with van der Waals surface area (Å²) in [6, 6.07) is 0. The smallest absolute Gasteiger partial charge is 0.270 e. The number of nitrogens with zero attached hydrogens (tertiary/aromatic N) is 2. The molecule has 2 N–H and O–H groups in total. The monoisotopic (exact) mass is 152 g/mol. The maximum Gasteiger partial charge on any atom is 0.270 e. The van der Waals surface area contributed by atoms with E-state index in [2.05, 4.69) is 15.7 Å². The number of hydrogen-bond donors (Lipinski definition) is 2. The molecule has 11 heavy (non-hydrogen) atoms. The minimum absolute atomic E-state index is 0.0660. The first-order valence-corrected chi connectivity index (χ1v) is 3.33. The Morgan fingerprint density at radius 2 is 2.55 bits per heavy atom. The van der Waals surface area contributed by atoms with E-state index in [-0.39, 0.29) is 12.2 Å². The van der Waals surface area contributed by atoms with E-state index in [9.17, 15) is 4.79 Å². The van der Waals surface area contributed by atoms with Crippen LogP contribution in [-0.2, 0) is 4.79 Å². The summed E-state index contributed by atoms with van der Waals surface area (Å²) in [6.45, 7) is 1.84. The minimum atomic E-state index is -0.257. The largest absolute Gasteiger partial charge is 0.349 e.